The van der Waals surface area contributed by atoms with Crippen LogP contribution < -0.4 is 5.32 Å². The number of ether oxygens (including phenoxy) is 2. The molecule has 0 spiro atoms. The van der Waals surface area contributed by atoms with Gasteiger partial charge in [-0.05, 0) is 12.8 Å². The summed E-state index contributed by atoms with van der Waals surface area (Å²) < 4.78 is 9.96. The molecule has 6 nitrogen and oxygen atoms in total. The monoisotopic (exact) mass is 415 g/mol. The summed E-state index contributed by atoms with van der Waals surface area (Å²) in [7, 11) is 1.56. The summed E-state index contributed by atoms with van der Waals surface area (Å²) in [6, 6.07) is -0.720. The molecule has 1 amide bonds. The summed E-state index contributed by atoms with van der Waals surface area (Å²) in [5.74, 6) is -0.363. The second-order valence-corrected chi connectivity index (χ2v) is 7.64. The first-order valence-electron chi connectivity index (χ1n) is 11.5. The third kappa shape index (κ3) is 18.8. The van der Waals surface area contributed by atoms with Crippen molar-refractivity contribution < 1.29 is 24.5 Å². The minimum absolute atomic E-state index is 0.116. The van der Waals surface area contributed by atoms with E-state index in [4.69, 9.17) is 9.47 Å². The minimum atomic E-state index is -0.907. The zero-order valence-corrected chi connectivity index (χ0v) is 18.7. The van der Waals surface area contributed by atoms with Gasteiger partial charge in [-0.1, -0.05) is 83.3 Å². The van der Waals surface area contributed by atoms with Gasteiger partial charge in [-0.3, -0.25) is 4.79 Å². The highest BCUT2D eigenvalue weighted by Crippen LogP contribution is 2.12. The Balaban J connectivity index is 3.68. The molecule has 6 heteroatoms. The van der Waals surface area contributed by atoms with Gasteiger partial charge in [-0.2, -0.15) is 0 Å². The molecule has 0 saturated heterocycles. The molecule has 0 aromatic carbocycles. The fourth-order valence-electron chi connectivity index (χ4n) is 3.09. The highest BCUT2D eigenvalue weighted by molar-refractivity contribution is 5.77. The minimum Gasteiger partial charge on any atom is -0.394 e. The van der Waals surface area contributed by atoms with Gasteiger partial charge in [0.15, 0.2) is 0 Å². The highest BCUT2D eigenvalue weighted by atomic mass is 16.5. The lowest BCUT2D eigenvalue weighted by atomic mass is 10.0. The number of rotatable bonds is 21. The van der Waals surface area contributed by atoms with Gasteiger partial charge >= 0.3 is 0 Å². The first-order valence-corrected chi connectivity index (χ1v) is 11.5. The summed E-state index contributed by atoms with van der Waals surface area (Å²) in [5.41, 5.74) is 0. The molecule has 0 unspecified atom stereocenters. The van der Waals surface area contributed by atoms with Gasteiger partial charge in [0.2, 0.25) is 5.91 Å². The van der Waals surface area contributed by atoms with Crippen LogP contribution in [0.15, 0.2) is 12.2 Å². The van der Waals surface area contributed by atoms with Crippen molar-refractivity contribution in [2.75, 3.05) is 33.5 Å². The zero-order chi connectivity index (χ0) is 21.6. The predicted octanol–water partition coefficient (Wildman–Crippen LogP) is 3.74. The number of allylic oxidation sites excluding steroid dienone is 1. The number of aliphatic hydroxyl groups excluding tert-OH is 2. The van der Waals surface area contributed by atoms with Crippen LogP contribution in [0.25, 0.3) is 0 Å². The van der Waals surface area contributed by atoms with Crippen LogP contribution in [0.1, 0.15) is 84.0 Å². The average Bonchev–Trinajstić information content (AvgIpc) is 2.72. The van der Waals surface area contributed by atoms with E-state index in [1.807, 2.05) is 6.08 Å². The van der Waals surface area contributed by atoms with Crippen LogP contribution in [0.5, 0.6) is 0 Å². The van der Waals surface area contributed by atoms with Crippen molar-refractivity contribution >= 4 is 5.91 Å². The molecule has 3 N–H and O–H groups in total. The van der Waals surface area contributed by atoms with E-state index in [0.29, 0.717) is 13.2 Å². The third-order valence-electron chi connectivity index (χ3n) is 4.93. The summed E-state index contributed by atoms with van der Waals surface area (Å²) >= 11 is 0. The third-order valence-corrected chi connectivity index (χ3v) is 4.93. The van der Waals surface area contributed by atoms with Crippen molar-refractivity contribution in [2.24, 2.45) is 0 Å². The maximum atomic E-state index is 11.7. The second kappa shape index (κ2) is 21.8. The molecule has 0 aromatic rings. The van der Waals surface area contributed by atoms with Crippen LogP contribution in [-0.2, 0) is 14.3 Å². The molecule has 0 saturated carbocycles. The first kappa shape index (κ1) is 28.1. The maximum Gasteiger partial charge on any atom is 0.246 e. The Hall–Kier alpha value is -0.950. The summed E-state index contributed by atoms with van der Waals surface area (Å²) in [6.07, 6.45) is 18.0. The van der Waals surface area contributed by atoms with E-state index >= 15 is 0 Å². The molecule has 2 atom stereocenters. The first-order chi connectivity index (χ1) is 14.2. The molecule has 0 bridgehead atoms. The molecule has 0 aliphatic rings. The van der Waals surface area contributed by atoms with Gasteiger partial charge in [0.05, 0.1) is 32.0 Å². The normalized spacial score (nSPS) is 13.7. The van der Waals surface area contributed by atoms with Crippen molar-refractivity contribution in [2.45, 2.75) is 96.1 Å². The Labute approximate surface area is 178 Å². The van der Waals surface area contributed by atoms with Crippen LogP contribution in [-0.4, -0.2) is 61.8 Å². The van der Waals surface area contributed by atoms with Crippen LogP contribution in [0.4, 0.5) is 0 Å². The summed E-state index contributed by atoms with van der Waals surface area (Å²) in [4.78, 5) is 11.7. The van der Waals surface area contributed by atoms with Crippen LogP contribution >= 0.6 is 0 Å². The Morgan fingerprint density at radius 1 is 0.966 bits per heavy atom. The Morgan fingerprint density at radius 3 is 2.10 bits per heavy atom. The zero-order valence-electron chi connectivity index (χ0n) is 18.7. The number of unbranched alkanes of at least 4 members (excludes halogenated alkanes) is 11. The van der Waals surface area contributed by atoms with Gasteiger partial charge in [-0.25, -0.2) is 0 Å². The van der Waals surface area contributed by atoms with Gasteiger partial charge in [-0.15, -0.1) is 0 Å². The molecule has 0 aliphatic carbocycles. The number of hydrogen-bond acceptors (Lipinski definition) is 5. The average molecular weight is 416 g/mol. The van der Waals surface area contributed by atoms with Crippen LogP contribution in [0, 0.1) is 0 Å². The van der Waals surface area contributed by atoms with E-state index in [0.717, 1.165) is 12.8 Å². The fourth-order valence-corrected chi connectivity index (χ4v) is 3.09. The van der Waals surface area contributed by atoms with E-state index in [2.05, 4.69) is 12.2 Å². The molecular weight excluding hydrogens is 370 g/mol. The van der Waals surface area contributed by atoms with E-state index in [-0.39, 0.29) is 19.1 Å². The van der Waals surface area contributed by atoms with Crippen LogP contribution in [0.2, 0.25) is 0 Å². The second-order valence-electron chi connectivity index (χ2n) is 7.64. The lowest BCUT2D eigenvalue weighted by molar-refractivity contribution is -0.127. The smallest absolute Gasteiger partial charge is 0.246 e. The largest absolute Gasteiger partial charge is 0.394 e. The topological polar surface area (TPSA) is 88.0 Å². The van der Waals surface area contributed by atoms with Gasteiger partial charge in [0, 0.05) is 7.11 Å². The van der Waals surface area contributed by atoms with E-state index < -0.39 is 12.1 Å². The number of carbonyl (C=O) groups excluding carboxylic acids is 1. The number of hydrogen-bond donors (Lipinski definition) is 3. The molecule has 172 valence electrons. The van der Waals surface area contributed by atoms with Crippen molar-refractivity contribution in [1.82, 2.24) is 5.32 Å². The number of aliphatic hydroxyl groups is 2. The lowest BCUT2D eigenvalue weighted by Crippen LogP contribution is -2.46. The molecule has 29 heavy (non-hydrogen) atoms. The Kier molecular flexibility index (Phi) is 21.0. The van der Waals surface area contributed by atoms with Crippen molar-refractivity contribution in [3.63, 3.8) is 0 Å². The summed E-state index contributed by atoms with van der Waals surface area (Å²) in [6.45, 7) is 2.56. The number of methoxy groups -OCH3 is 1. The molecular formula is C23H45NO5. The standard InChI is InChI=1S/C23H45NO5/c1-3-4-5-6-7-8-9-10-11-12-13-14-15-16-22(26)21(19-25)24-23(27)20-29-18-17-28-2/h15-16,21-22,25-26H,3-14,17-20H2,1-2H3,(H,24,27)/t21-,22+/m0/s1. The van der Waals surface area contributed by atoms with E-state index in [1.165, 1.54) is 64.2 Å². The Morgan fingerprint density at radius 2 is 1.55 bits per heavy atom. The summed E-state index contributed by atoms with van der Waals surface area (Å²) in [5, 5.41) is 22.1. The Bertz CT molecular complexity index is 389. The number of amides is 1. The van der Waals surface area contributed by atoms with Crippen molar-refractivity contribution in [3.05, 3.63) is 12.2 Å². The SMILES string of the molecule is CCCCCCCCCCCCCC=C[C@@H](O)[C@H](CO)NC(=O)COCCOC. The fraction of sp³-hybridized carbons (Fsp3) is 0.870. The molecule has 0 fully saturated rings. The maximum absolute atomic E-state index is 11.7. The van der Waals surface area contributed by atoms with Crippen LogP contribution in [0.3, 0.4) is 0 Å². The van der Waals surface area contributed by atoms with Gasteiger partial charge in [0.1, 0.15) is 6.61 Å². The lowest BCUT2D eigenvalue weighted by Gasteiger charge is -2.19. The molecule has 0 heterocycles. The molecule has 0 rings (SSSR count). The van der Waals surface area contributed by atoms with Gasteiger partial charge in [0.25, 0.3) is 0 Å². The van der Waals surface area contributed by atoms with E-state index in [9.17, 15) is 15.0 Å². The molecule has 0 aliphatic heterocycles. The van der Waals surface area contributed by atoms with Gasteiger partial charge < -0.3 is 25.0 Å². The molecule has 0 radical (unpaired) electrons. The van der Waals surface area contributed by atoms with E-state index in [1.54, 1.807) is 13.2 Å². The predicted molar refractivity (Wildman–Crippen MR) is 118 cm³/mol. The highest BCUT2D eigenvalue weighted by Gasteiger charge is 2.18. The molecule has 0 aromatic heterocycles. The quantitative estimate of drug-likeness (QED) is 0.196. The number of carbonyl (C=O) groups is 1. The number of nitrogens with one attached hydrogen (secondary N) is 1. The van der Waals surface area contributed by atoms with Crippen molar-refractivity contribution in [3.8, 4) is 0 Å². The van der Waals surface area contributed by atoms with Crippen molar-refractivity contribution in [1.29, 1.82) is 0 Å².